The van der Waals surface area contributed by atoms with Crippen LogP contribution in [0.3, 0.4) is 0 Å². The van der Waals surface area contributed by atoms with Crippen molar-refractivity contribution in [1.29, 1.82) is 0 Å². The number of pyridine rings is 1. The van der Waals surface area contributed by atoms with Crippen LogP contribution in [0.4, 0.5) is 5.69 Å². The van der Waals surface area contributed by atoms with E-state index >= 15 is 0 Å². The average molecular weight is 238 g/mol. The van der Waals surface area contributed by atoms with Gasteiger partial charge in [0.2, 0.25) is 0 Å². The second-order valence-corrected chi connectivity index (χ2v) is 4.25. The number of aliphatic hydroxyl groups is 1. The Morgan fingerprint density at radius 2 is 2.35 bits per heavy atom. The molecule has 1 aliphatic heterocycles. The van der Waals surface area contributed by atoms with Crippen molar-refractivity contribution in [3.05, 3.63) is 34.1 Å². The minimum absolute atomic E-state index is 0.0567. The van der Waals surface area contributed by atoms with Gasteiger partial charge in [0, 0.05) is 12.6 Å². The summed E-state index contributed by atoms with van der Waals surface area (Å²) in [5.74, 6) is 0. The number of ether oxygens (including phenoxy) is 1. The summed E-state index contributed by atoms with van der Waals surface area (Å²) in [5.41, 5.74) is 0.425. The molecule has 1 N–H and O–H groups in total. The molecule has 0 spiro atoms. The minimum atomic E-state index is -0.475. The van der Waals surface area contributed by atoms with Crippen LogP contribution in [0.15, 0.2) is 18.5 Å². The Labute approximate surface area is 98.4 Å². The van der Waals surface area contributed by atoms with E-state index in [1.165, 1.54) is 12.4 Å². The highest BCUT2D eigenvalue weighted by atomic mass is 16.6. The van der Waals surface area contributed by atoms with E-state index < -0.39 is 17.1 Å². The molecule has 1 aromatic rings. The van der Waals surface area contributed by atoms with E-state index in [1.807, 2.05) is 6.92 Å². The third-order valence-corrected chi connectivity index (χ3v) is 2.86. The predicted molar refractivity (Wildman–Crippen MR) is 59.4 cm³/mol. The Kier molecular flexibility index (Phi) is 3.35. The molecule has 3 unspecified atom stereocenters. The third-order valence-electron chi connectivity index (χ3n) is 2.86. The molecule has 6 nitrogen and oxygen atoms in total. The van der Waals surface area contributed by atoms with Crippen molar-refractivity contribution in [1.82, 2.24) is 4.98 Å². The van der Waals surface area contributed by atoms with Gasteiger partial charge in [0.1, 0.15) is 6.20 Å². The van der Waals surface area contributed by atoms with Crippen LogP contribution in [0.5, 0.6) is 0 Å². The molecule has 1 aliphatic rings. The molecule has 17 heavy (non-hydrogen) atoms. The largest absolute Gasteiger partial charge is 0.393 e. The number of rotatable bonds is 2. The Balaban J connectivity index is 2.30. The first kappa shape index (κ1) is 11.9. The summed E-state index contributed by atoms with van der Waals surface area (Å²) in [5, 5.41) is 20.6. The molecule has 0 amide bonds. The summed E-state index contributed by atoms with van der Waals surface area (Å²) < 4.78 is 5.64. The van der Waals surface area contributed by atoms with E-state index in [-0.39, 0.29) is 11.8 Å². The average Bonchev–Trinajstić information content (AvgIpc) is 2.27. The van der Waals surface area contributed by atoms with E-state index in [4.69, 9.17) is 4.74 Å². The van der Waals surface area contributed by atoms with Crippen LogP contribution in [-0.4, -0.2) is 27.2 Å². The molecule has 6 heteroatoms. The van der Waals surface area contributed by atoms with Gasteiger partial charge in [-0.2, -0.15) is 0 Å². The second-order valence-electron chi connectivity index (χ2n) is 4.25. The zero-order chi connectivity index (χ0) is 12.4. The van der Waals surface area contributed by atoms with Crippen molar-refractivity contribution in [3.63, 3.8) is 0 Å². The number of hydrogen-bond acceptors (Lipinski definition) is 5. The second kappa shape index (κ2) is 4.77. The van der Waals surface area contributed by atoms with E-state index in [0.29, 0.717) is 18.4 Å². The zero-order valence-electron chi connectivity index (χ0n) is 9.44. The van der Waals surface area contributed by atoms with Gasteiger partial charge in [-0.3, -0.25) is 15.1 Å². The standard InChI is InChI=1S/C11H14N2O4/c1-7-4-8(14)5-11(17-7)9-2-3-12-6-10(9)13(15)16/h2-3,6-8,11,14H,4-5H2,1H3. The fourth-order valence-electron chi connectivity index (χ4n) is 2.14. The third kappa shape index (κ3) is 2.59. The van der Waals surface area contributed by atoms with Gasteiger partial charge in [-0.05, 0) is 19.4 Å². The molecular weight excluding hydrogens is 224 g/mol. The van der Waals surface area contributed by atoms with Crippen molar-refractivity contribution in [3.8, 4) is 0 Å². The Morgan fingerprint density at radius 1 is 1.59 bits per heavy atom. The number of aromatic nitrogens is 1. The Morgan fingerprint density at radius 3 is 3.00 bits per heavy atom. The Bertz CT molecular complexity index is 414. The van der Waals surface area contributed by atoms with Crippen molar-refractivity contribution < 1.29 is 14.8 Å². The highest BCUT2D eigenvalue weighted by molar-refractivity contribution is 5.38. The van der Waals surface area contributed by atoms with Gasteiger partial charge in [0.15, 0.2) is 0 Å². The van der Waals surface area contributed by atoms with Crippen molar-refractivity contribution in [2.75, 3.05) is 0 Å². The summed E-state index contributed by atoms with van der Waals surface area (Å²) in [6.45, 7) is 1.85. The molecule has 1 saturated heterocycles. The summed E-state index contributed by atoms with van der Waals surface area (Å²) in [4.78, 5) is 14.1. The van der Waals surface area contributed by atoms with Gasteiger partial charge in [-0.1, -0.05) is 0 Å². The zero-order valence-corrected chi connectivity index (χ0v) is 9.44. The Hall–Kier alpha value is -1.53. The quantitative estimate of drug-likeness (QED) is 0.624. The van der Waals surface area contributed by atoms with Crippen LogP contribution in [-0.2, 0) is 4.74 Å². The molecule has 0 saturated carbocycles. The lowest BCUT2D eigenvalue weighted by atomic mass is 9.96. The summed E-state index contributed by atoms with van der Waals surface area (Å²) in [7, 11) is 0. The summed E-state index contributed by atoms with van der Waals surface area (Å²) >= 11 is 0. The molecule has 0 bridgehead atoms. The highest BCUT2D eigenvalue weighted by Crippen LogP contribution is 2.35. The van der Waals surface area contributed by atoms with Crippen molar-refractivity contribution in [2.45, 2.75) is 38.1 Å². The van der Waals surface area contributed by atoms with Gasteiger partial charge >= 0.3 is 0 Å². The van der Waals surface area contributed by atoms with E-state index in [1.54, 1.807) is 6.07 Å². The highest BCUT2D eigenvalue weighted by Gasteiger charge is 2.31. The van der Waals surface area contributed by atoms with Crippen molar-refractivity contribution >= 4 is 5.69 Å². The molecule has 2 heterocycles. The SMILES string of the molecule is CC1CC(O)CC(c2ccncc2[N+](=O)[O-])O1. The van der Waals surface area contributed by atoms with Crippen LogP contribution < -0.4 is 0 Å². The lowest BCUT2D eigenvalue weighted by Gasteiger charge is -2.31. The van der Waals surface area contributed by atoms with Crippen LogP contribution in [0.2, 0.25) is 0 Å². The van der Waals surface area contributed by atoms with Crippen LogP contribution in [0.25, 0.3) is 0 Å². The first-order valence-corrected chi connectivity index (χ1v) is 5.49. The lowest BCUT2D eigenvalue weighted by molar-refractivity contribution is -0.386. The topological polar surface area (TPSA) is 85.5 Å². The normalized spacial score (nSPS) is 28.9. The van der Waals surface area contributed by atoms with Gasteiger partial charge in [-0.25, -0.2) is 0 Å². The number of nitro groups is 1. The summed E-state index contributed by atoms with van der Waals surface area (Å²) in [6, 6.07) is 1.58. The maximum absolute atomic E-state index is 10.9. The molecular formula is C11H14N2O4. The number of nitrogens with zero attached hydrogens (tertiary/aromatic N) is 2. The molecule has 1 fully saturated rings. The predicted octanol–water partition coefficient (Wildman–Crippen LogP) is 1.59. The monoisotopic (exact) mass is 238 g/mol. The molecule has 1 aromatic heterocycles. The number of aliphatic hydroxyl groups excluding tert-OH is 1. The fraction of sp³-hybridized carbons (Fsp3) is 0.545. The lowest BCUT2D eigenvalue weighted by Crippen LogP contribution is -2.29. The fourth-order valence-corrected chi connectivity index (χ4v) is 2.14. The first-order valence-electron chi connectivity index (χ1n) is 5.49. The van der Waals surface area contributed by atoms with Gasteiger partial charge < -0.3 is 9.84 Å². The molecule has 0 radical (unpaired) electrons. The molecule has 0 aromatic carbocycles. The number of hydrogen-bond donors (Lipinski definition) is 1. The molecule has 92 valence electrons. The van der Waals surface area contributed by atoms with Crippen molar-refractivity contribution in [2.24, 2.45) is 0 Å². The maximum atomic E-state index is 10.9. The van der Waals surface area contributed by atoms with Crippen LogP contribution >= 0.6 is 0 Å². The van der Waals surface area contributed by atoms with Gasteiger partial charge in [0.25, 0.3) is 5.69 Å². The molecule has 3 atom stereocenters. The summed E-state index contributed by atoms with van der Waals surface area (Å²) in [6.07, 6.45) is 2.65. The maximum Gasteiger partial charge on any atom is 0.293 e. The van der Waals surface area contributed by atoms with E-state index in [2.05, 4.69) is 4.98 Å². The van der Waals surface area contributed by atoms with Crippen LogP contribution in [0, 0.1) is 10.1 Å². The van der Waals surface area contributed by atoms with Crippen LogP contribution in [0.1, 0.15) is 31.4 Å². The van der Waals surface area contributed by atoms with Gasteiger partial charge in [0.05, 0.1) is 28.8 Å². The van der Waals surface area contributed by atoms with E-state index in [9.17, 15) is 15.2 Å². The molecule has 0 aliphatic carbocycles. The van der Waals surface area contributed by atoms with Gasteiger partial charge in [-0.15, -0.1) is 0 Å². The minimum Gasteiger partial charge on any atom is -0.393 e. The molecule has 2 rings (SSSR count). The smallest absolute Gasteiger partial charge is 0.293 e. The van der Waals surface area contributed by atoms with E-state index in [0.717, 1.165) is 0 Å². The first-order chi connectivity index (χ1) is 8.08.